The first kappa shape index (κ1) is 10.4. The number of H-pyrrole nitrogens is 1. The first-order chi connectivity index (χ1) is 7.81. The van der Waals surface area contributed by atoms with Gasteiger partial charge in [-0.25, -0.2) is 9.78 Å². The fourth-order valence-electron chi connectivity index (χ4n) is 1.28. The molecule has 82 valence electrons. The molecule has 2 aromatic heterocycles. The summed E-state index contributed by atoms with van der Waals surface area (Å²) in [6.07, 6.45) is 3.24. The van der Waals surface area contributed by atoms with Crippen molar-refractivity contribution in [2.45, 2.75) is 6.92 Å². The SMILES string of the molecule is CCOC(=O)c1ncc(-c2ccccn2)[nH]1. The smallest absolute Gasteiger partial charge is 0.374 e. The molecule has 0 aliphatic rings. The van der Waals surface area contributed by atoms with E-state index in [4.69, 9.17) is 4.74 Å². The fourth-order valence-corrected chi connectivity index (χ4v) is 1.28. The molecule has 2 rings (SSSR count). The van der Waals surface area contributed by atoms with Gasteiger partial charge in [0.2, 0.25) is 5.82 Å². The summed E-state index contributed by atoms with van der Waals surface area (Å²) in [6.45, 7) is 2.08. The van der Waals surface area contributed by atoms with Gasteiger partial charge < -0.3 is 9.72 Å². The van der Waals surface area contributed by atoms with E-state index in [9.17, 15) is 4.79 Å². The molecule has 0 fully saturated rings. The maximum Gasteiger partial charge on any atom is 0.374 e. The summed E-state index contributed by atoms with van der Waals surface area (Å²) in [5.41, 5.74) is 1.44. The van der Waals surface area contributed by atoms with Gasteiger partial charge in [-0.3, -0.25) is 4.98 Å². The molecule has 1 N–H and O–H groups in total. The van der Waals surface area contributed by atoms with Crippen LogP contribution in [0.1, 0.15) is 17.5 Å². The van der Waals surface area contributed by atoms with E-state index in [-0.39, 0.29) is 5.82 Å². The zero-order chi connectivity index (χ0) is 11.4. The minimum absolute atomic E-state index is 0.197. The van der Waals surface area contributed by atoms with E-state index < -0.39 is 5.97 Å². The average molecular weight is 217 g/mol. The van der Waals surface area contributed by atoms with E-state index in [2.05, 4.69) is 15.0 Å². The van der Waals surface area contributed by atoms with E-state index in [1.807, 2.05) is 18.2 Å². The van der Waals surface area contributed by atoms with Crippen LogP contribution in [0.4, 0.5) is 0 Å². The summed E-state index contributed by atoms with van der Waals surface area (Å²) in [6, 6.07) is 5.53. The van der Waals surface area contributed by atoms with Gasteiger partial charge in [0.25, 0.3) is 0 Å². The summed E-state index contributed by atoms with van der Waals surface area (Å²) in [5.74, 6) is -0.257. The van der Waals surface area contributed by atoms with Crippen LogP contribution in [0.3, 0.4) is 0 Å². The van der Waals surface area contributed by atoms with Crippen LogP contribution in [0.25, 0.3) is 11.4 Å². The first-order valence-corrected chi connectivity index (χ1v) is 4.94. The lowest BCUT2D eigenvalue weighted by atomic mass is 10.3. The highest BCUT2D eigenvalue weighted by Crippen LogP contribution is 2.13. The zero-order valence-electron chi connectivity index (χ0n) is 8.80. The first-order valence-electron chi connectivity index (χ1n) is 4.94. The zero-order valence-corrected chi connectivity index (χ0v) is 8.80. The molecule has 0 aromatic carbocycles. The third-order valence-corrected chi connectivity index (χ3v) is 1.99. The molecule has 5 nitrogen and oxygen atoms in total. The number of nitrogens with zero attached hydrogens (tertiary/aromatic N) is 2. The number of aromatic nitrogens is 3. The molecule has 0 saturated carbocycles. The van der Waals surface area contributed by atoms with Gasteiger partial charge in [0.05, 0.1) is 24.2 Å². The molecule has 0 aliphatic carbocycles. The lowest BCUT2D eigenvalue weighted by Crippen LogP contribution is -2.06. The molecule has 0 atom stereocenters. The van der Waals surface area contributed by atoms with Crippen molar-refractivity contribution in [3.8, 4) is 11.4 Å². The van der Waals surface area contributed by atoms with Crippen molar-refractivity contribution in [2.24, 2.45) is 0 Å². The number of carbonyl (C=O) groups is 1. The number of rotatable bonds is 3. The van der Waals surface area contributed by atoms with Gasteiger partial charge in [0.1, 0.15) is 0 Å². The van der Waals surface area contributed by atoms with E-state index in [0.29, 0.717) is 12.3 Å². The summed E-state index contributed by atoms with van der Waals surface area (Å²) in [5, 5.41) is 0. The second kappa shape index (κ2) is 4.57. The van der Waals surface area contributed by atoms with Crippen LogP contribution >= 0.6 is 0 Å². The number of carbonyl (C=O) groups excluding carboxylic acids is 1. The van der Waals surface area contributed by atoms with E-state index in [1.54, 1.807) is 19.3 Å². The Labute approximate surface area is 92.5 Å². The number of ether oxygens (including phenoxy) is 1. The maximum absolute atomic E-state index is 11.4. The van der Waals surface area contributed by atoms with Gasteiger partial charge in [-0.1, -0.05) is 6.07 Å². The highest BCUT2D eigenvalue weighted by atomic mass is 16.5. The van der Waals surface area contributed by atoms with Gasteiger partial charge in [0, 0.05) is 6.20 Å². The van der Waals surface area contributed by atoms with Crippen LogP contribution in [0.15, 0.2) is 30.6 Å². The number of hydrogen-bond acceptors (Lipinski definition) is 4. The molecular weight excluding hydrogens is 206 g/mol. The molecule has 0 spiro atoms. The Kier molecular flexibility index (Phi) is 2.95. The molecule has 0 saturated heterocycles. The lowest BCUT2D eigenvalue weighted by molar-refractivity contribution is 0.0513. The third-order valence-electron chi connectivity index (χ3n) is 1.99. The van der Waals surface area contributed by atoms with Gasteiger partial charge in [-0.15, -0.1) is 0 Å². The maximum atomic E-state index is 11.4. The molecule has 0 unspecified atom stereocenters. The van der Waals surface area contributed by atoms with Crippen molar-refractivity contribution in [1.29, 1.82) is 0 Å². The lowest BCUT2D eigenvalue weighted by Gasteiger charge is -1.97. The Morgan fingerprint density at radius 3 is 3.00 bits per heavy atom. The fraction of sp³-hybridized carbons (Fsp3) is 0.182. The minimum atomic E-state index is -0.454. The number of hydrogen-bond donors (Lipinski definition) is 1. The molecule has 0 amide bonds. The van der Waals surface area contributed by atoms with Crippen LogP contribution < -0.4 is 0 Å². The van der Waals surface area contributed by atoms with Crippen LogP contribution in [-0.4, -0.2) is 27.5 Å². The summed E-state index contributed by atoms with van der Waals surface area (Å²) in [4.78, 5) is 22.3. The number of imidazole rings is 1. The summed E-state index contributed by atoms with van der Waals surface area (Å²) < 4.78 is 4.82. The topological polar surface area (TPSA) is 67.9 Å². The molecule has 5 heteroatoms. The average Bonchev–Trinajstić information content (AvgIpc) is 2.80. The van der Waals surface area contributed by atoms with Gasteiger partial charge in [-0.05, 0) is 19.1 Å². The summed E-state index contributed by atoms with van der Waals surface area (Å²) in [7, 11) is 0. The predicted octanol–water partition coefficient (Wildman–Crippen LogP) is 1.65. The third kappa shape index (κ3) is 2.08. The number of aromatic amines is 1. The largest absolute Gasteiger partial charge is 0.460 e. The number of nitrogens with one attached hydrogen (secondary N) is 1. The highest BCUT2D eigenvalue weighted by Gasteiger charge is 2.11. The number of pyridine rings is 1. The van der Waals surface area contributed by atoms with Crippen LogP contribution in [0, 0.1) is 0 Å². The van der Waals surface area contributed by atoms with Gasteiger partial charge >= 0.3 is 5.97 Å². The Morgan fingerprint density at radius 1 is 1.44 bits per heavy atom. The van der Waals surface area contributed by atoms with Crippen molar-refractivity contribution < 1.29 is 9.53 Å². The normalized spacial score (nSPS) is 10.1. The Hall–Kier alpha value is -2.17. The Morgan fingerprint density at radius 2 is 2.31 bits per heavy atom. The van der Waals surface area contributed by atoms with Crippen molar-refractivity contribution in [1.82, 2.24) is 15.0 Å². The monoisotopic (exact) mass is 217 g/mol. The van der Waals surface area contributed by atoms with Crippen LogP contribution in [-0.2, 0) is 4.74 Å². The molecule has 16 heavy (non-hydrogen) atoms. The molecule has 0 aliphatic heterocycles. The van der Waals surface area contributed by atoms with Crippen LogP contribution in [0.2, 0.25) is 0 Å². The Balaban J connectivity index is 2.23. The molecular formula is C11H11N3O2. The Bertz CT molecular complexity index is 479. The van der Waals surface area contributed by atoms with E-state index in [1.165, 1.54) is 0 Å². The van der Waals surface area contributed by atoms with E-state index >= 15 is 0 Å². The van der Waals surface area contributed by atoms with Gasteiger partial charge in [-0.2, -0.15) is 0 Å². The molecule has 2 heterocycles. The second-order valence-corrected chi connectivity index (χ2v) is 3.08. The van der Waals surface area contributed by atoms with Gasteiger partial charge in [0.15, 0.2) is 0 Å². The predicted molar refractivity (Wildman–Crippen MR) is 57.8 cm³/mol. The molecule has 2 aromatic rings. The quantitative estimate of drug-likeness (QED) is 0.794. The van der Waals surface area contributed by atoms with Crippen molar-refractivity contribution >= 4 is 5.97 Å². The number of esters is 1. The second-order valence-electron chi connectivity index (χ2n) is 3.08. The summed E-state index contributed by atoms with van der Waals surface area (Å²) >= 11 is 0. The molecule has 0 radical (unpaired) electrons. The molecule has 0 bridgehead atoms. The highest BCUT2D eigenvalue weighted by molar-refractivity contribution is 5.86. The van der Waals surface area contributed by atoms with Crippen molar-refractivity contribution in [3.05, 3.63) is 36.4 Å². The minimum Gasteiger partial charge on any atom is -0.460 e. The van der Waals surface area contributed by atoms with Crippen LogP contribution in [0.5, 0.6) is 0 Å². The standard InChI is InChI=1S/C11H11N3O2/c1-2-16-11(15)10-13-7-9(14-10)8-5-3-4-6-12-8/h3-7H,2H2,1H3,(H,13,14). The van der Waals surface area contributed by atoms with Crippen molar-refractivity contribution in [2.75, 3.05) is 6.61 Å². The van der Waals surface area contributed by atoms with E-state index in [0.717, 1.165) is 5.69 Å². The van der Waals surface area contributed by atoms with Crippen molar-refractivity contribution in [3.63, 3.8) is 0 Å².